The Morgan fingerprint density at radius 3 is 2.49 bits per heavy atom. The summed E-state index contributed by atoms with van der Waals surface area (Å²) in [6.07, 6.45) is 1.73. The molecule has 0 bridgehead atoms. The summed E-state index contributed by atoms with van der Waals surface area (Å²) >= 11 is 0. The third-order valence-corrected chi connectivity index (χ3v) is 6.03. The Balaban J connectivity index is 1.40. The third-order valence-electron chi connectivity index (χ3n) is 6.03. The minimum absolute atomic E-state index is 0.270. The fourth-order valence-corrected chi connectivity index (χ4v) is 4.32. The Labute approximate surface area is 200 Å². The summed E-state index contributed by atoms with van der Waals surface area (Å²) in [5.74, 6) is 0. The maximum absolute atomic E-state index is 12.7. The van der Waals surface area contributed by atoms with Gasteiger partial charge in [0.05, 0.1) is 12.0 Å². The van der Waals surface area contributed by atoms with Crippen LogP contribution in [0.15, 0.2) is 111 Å². The highest BCUT2D eigenvalue weighted by molar-refractivity contribution is 6.02. The number of nitrogens with zero attached hydrogens (tertiary/aromatic N) is 1. The van der Waals surface area contributed by atoms with Gasteiger partial charge in [-0.1, -0.05) is 66.7 Å². The molecule has 0 spiro atoms. The molecule has 6 rings (SSSR count). The fourth-order valence-electron chi connectivity index (χ4n) is 4.32. The van der Waals surface area contributed by atoms with E-state index in [1.165, 1.54) is 0 Å². The van der Waals surface area contributed by atoms with Crippen molar-refractivity contribution in [3.8, 4) is 11.1 Å². The average Bonchev–Trinajstić information content (AvgIpc) is 3.26. The van der Waals surface area contributed by atoms with Gasteiger partial charge >= 0.3 is 6.03 Å². The molecule has 0 radical (unpaired) electrons. The van der Waals surface area contributed by atoms with E-state index in [4.69, 9.17) is 8.83 Å². The number of nitrogens with one attached hydrogen (secondary N) is 2. The first-order valence-corrected chi connectivity index (χ1v) is 11.3. The van der Waals surface area contributed by atoms with E-state index in [-0.39, 0.29) is 5.55 Å². The zero-order chi connectivity index (χ0) is 23.8. The van der Waals surface area contributed by atoms with Gasteiger partial charge in [-0.15, -0.1) is 5.10 Å². The smallest absolute Gasteiger partial charge is 0.339 e. The molecule has 6 heteroatoms. The lowest BCUT2D eigenvalue weighted by atomic mass is 10.0. The number of hydrogen-bond donors (Lipinski definition) is 2. The van der Waals surface area contributed by atoms with Crippen molar-refractivity contribution in [2.45, 2.75) is 6.92 Å². The molecule has 0 unspecified atom stereocenters. The second-order valence-electron chi connectivity index (χ2n) is 8.33. The Morgan fingerprint density at radius 2 is 1.60 bits per heavy atom. The summed E-state index contributed by atoms with van der Waals surface area (Å²) < 4.78 is 11.7. The predicted molar refractivity (Wildman–Crippen MR) is 138 cm³/mol. The zero-order valence-corrected chi connectivity index (χ0v) is 18.9. The summed E-state index contributed by atoms with van der Waals surface area (Å²) in [4.78, 5) is 12.7. The molecule has 6 nitrogen and oxygen atoms in total. The monoisotopic (exact) mass is 459 g/mol. The van der Waals surface area contributed by atoms with Crippen LogP contribution in [0, 0.1) is 6.92 Å². The molecule has 4 aromatic carbocycles. The van der Waals surface area contributed by atoms with Crippen LogP contribution < -0.4 is 16.3 Å². The summed E-state index contributed by atoms with van der Waals surface area (Å²) in [5, 5.41) is 11.1. The van der Waals surface area contributed by atoms with Crippen LogP contribution in [-0.2, 0) is 0 Å². The van der Waals surface area contributed by atoms with Crippen molar-refractivity contribution >= 4 is 44.4 Å². The maximum atomic E-state index is 12.7. The molecule has 2 heterocycles. The molecular formula is C29H21N3O3. The van der Waals surface area contributed by atoms with Crippen LogP contribution in [0.5, 0.6) is 0 Å². The number of hydrogen-bond acceptors (Lipinski definition) is 4. The lowest BCUT2D eigenvalue weighted by molar-refractivity contribution is 0.251. The predicted octanol–water partition coefficient (Wildman–Crippen LogP) is 6.95. The van der Waals surface area contributed by atoms with E-state index >= 15 is 0 Å². The first kappa shape index (κ1) is 20.7. The van der Waals surface area contributed by atoms with Crippen LogP contribution >= 0.6 is 0 Å². The fraction of sp³-hybridized carbons (Fsp3) is 0.0345. The molecule has 2 amide bonds. The van der Waals surface area contributed by atoms with Gasteiger partial charge in [0.2, 0.25) is 5.55 Å². The van der Waals surface area contributed by atoms with Crippen molar-refractivity contribution in [1.29, 1.82) is 0 Å². The number of aryl methyl sites for hydroxylation is 1. The topological polar surface area (TPSA) is 79.8 Å². The number of benzene rings is 4. The Kier molecular flexibility index (Phi) is 5.04. The molecule has 6 aromatic rings. The largest absolute Gasteiger partial charge is 0.464 e. The van der Waals surface area contributed by atoms with Crippen LogP contribution in [0.1, 0.15) is 5.56 Å². The molecule has 0 aliphatic heterocycles. The van der Waals surface area contributed by atoms with Gasteiger partial charge in [0, 0.05) is 28.3 Å². The number of urea groups is 1. The summed E-state index contributed by atoms with van der Waals surface area (Å²) in [5.41, 5.74) is 7.90. The van der Waals surface area contributed by atoms with Gasteiger partial charge in [-0.2, -0.15) is 0 Å². The van der Waals surface area contributed by atoms with E-state index in [1.54, 1.807) is 6.26 Å². The van der Waals surface area contributed by atoms with Gasteiger partial charge in [-0.25, -0.2) is 10.2 Å². The molecule has 2 N–H and O–H groups in total. The number of furan rings is 1. The van der Waals surface area contributed by atoms with Crippen molar-refractivity contribution in [1.82, 2.24) is 5.43 Å². The van der Waals surface area contributed by atoms with Crippen molar-refractivity contribution in [3.63, 3.8) is 0 Å². The van der Waals surface area contributed by atoms with Crippen LogP contribution in [0.3, 0.4) is 0 Å². The van der Waals surface area contributed by atoms with E-state index in [2.05, 4.69) is 21.9 Å². The molecule has 2 aromatic heterocycles. The standard InChI is InChI=1S/C29H21N3O3/c1-18-17-34-26-16-27-24(14-22(18)26)23(20-8-3-2-4-9-20)15-28(35-27)31-32-29(33)30-25-13-7-11-19-10-5-6-12-21(19)25/h2-17H,1H3,(H2,30,32,33)/b31-28+. The van der Waals surface area contributed by atoms with Crippen molar-refractivity contribution in [2.75, 3.05) is 5.32 Å². The quantitative estimate of drug-likeness (QED) is 0.281. The molecular weight excluding hydrogens is 438 g/mol. The summed E-state index contributed by atoms with van der Waals surface area (Å²) in [6, 6.07) is 28.9. The molecule has 35 heavy (non-hydrogen) atoms. The highest BCUT2D eigenvalue weighted by Crippen LogP contribution is 2.32. The minimum atomic E-state index is -0.463. The van der Waals surface area contributed by atoms with Crippen molar-refractivity contribution in [3.05, 3.63) is 108 Å². The van der Waals surface area contributed by atoms with E-state index in [0.717, 1.165) is 43.8 Å². The highest BCUT2D eigenvalue weighted by atomic mass is 16.3. The first-order valence-electron chi connectivity index (χ1n) is 11.3. The normalized spacial score (nSPS) is 11.9. The Morgan fingerprint density at radius 1 is 0.800 bits per heavy atom. The number of fused-ring (bicyclic) bond motifs is 3. The highest BCUT2D eigenvalue weighted by Gasteiger charge is 2.12. The number of amides is 2. The molecule has 0 fully saturated rings. The molecule has 0 saturated heterocycles. The number of rotatable bonds is 3. The molecule has 0 aliphatic carbocycles. The third kappa shape index (κ3) is 3.91. The average molecular weight is 460 g/mol. The van der Waals surface area contributed by atoms with Crippen LogP contribution in [0.2, 0.25) is 0 Å². The second kappa shape index (κ2) is 8.50. The number of anilines is 1. The lowest BCUT2D eigenvalue weighted by Crippen LogP contribution is -2.26. The Hall–Kier alpha value is -4.84. The Bertz CT molecular complexity index is 1780. The number of carbonyl (C=O) groups is 1. The molecule has 0 saturated carbocycles. The lowest BCUT2D eigenvalue weighted by Gasteiger charge is -2.09. The van der Waals surface area contributed by atoms with Gasteiger partial charge < -0.3 is 14.2 Å². The number of carbonyl (C=O) groups excluding carboxylic acids is 1. The zero-order valence-electron chi connectivity index (χ0n) is 18.9. The van der Waals surface area contributed by atoms with Crippen LogP contribution in [0.25, 0.3) is 43.8 Å². The van der Waals surface area contributed by atoms with Gasteiger partial charge in [0.1, 0.15) is 11.2 Å². The van der Waals surface area contributed by atoms with E-state index in [9.17, 15) is 4.79 Å². The van der Waals surface area contributed by atoms with Crippen LogP contribution in [0.4, 0.5) is 10.5 Å². The van der Waals surface area contributed by atoms with Crippen LogP contribution in [-0.4, -0.2) is 6.03 Å². The molecule has 0 aliphatic rings. The van der Waals surface area contributed by atoms with Gasteiger partial charge in [-0.3, -0.25) is 0 Å². The second-order valence-corrected chi connectivity index (χ2v) is 8.33. The first-order chi connectivity index (χ1) is 17.2. The van der Waals surface area contributed by atoms with Gasteiger partial charge in [0.25, 0.3) is 0 Å². The molecule has 0 atom stereocenters. The van der Waals surface area contributed by atoms with E-state index in [0.29, 0.717) is 11.3 Å². The van der Waals surface area contributed by atoms with Gasteiger partial charge in [-0.05, 0) is 41.1 Å². The van der Waals surface area contributed by atoms with Gasteiger partial charge in [0.15, 0.2) is 0 Å². The van der Waals surface area contributed by atoms with E-state index < -0.39 is 6.03 Å². The summed E-state index contributed by atoms with van der Waals surface area (Å²) in [7, 11) is 0. The SMILES string of the molecule is Cc1coc2cc3o/c(=N/NC(=O)Nc4cccc5ccccc45)cc(-c4ccccc4)c3cc12. The van der Waals surface area contributed by atoms with Crippen molar-refractivity contribution < 1.29 is 13.6 Å². The summed E-state index contributed by atoms with van der Waals surface area (Å²) in [6.45, 7) is 2.01. The maximum Gasteiger partial charge on any atom is 0.339 e. The molecule has 170 valence electrons. The van der Waals surface area contributed by atoms with E-state index in [1.807, 2.05) is 91.9 Å². The minimum Gasteiger partial charge on any atom is -0.464 e. The van der Waals surface area contributed by atoms with Crippen molar-refractivity contribution in [2.24, 2.45) is 5.10 Å².